The highest BCUT2D eigenvalue weighted by molar-refractivity contribution is 6.08. The number of unbranched alkanes of at least 4 members (excludes halogenated alkanes) is 1. The topological polar surface area (TPSA) is 331 Å². The number of aliphatic hydroxyl groups excluding tert-OH is 1. The highest BCUT2D eigenvalue weighted by atomic mass is 16.4. The summed E-state index contributed by atoms with van der Waals surface area (Å²) in [5, 5.41) is 61.1. The molecule has 4 aliphatic rings. The molecule has 7 N–H and O–H groups in total. The largest absolute Gasteiger partial charge is 0.508 e. The van der Waals surface area contributed by atoms with Gasteiger partial charge in [0.2, 0.25) is 29.7 Å². The summed E-state index contributed by atoms with van der Waals surface area (Å²) in [6.45, 7) is 6.17. The molecule has 25 nitrogen and oxygen atoms in total. The Kier molecular flexibility index (Phi) is 14.7. The predicted molar refractivity (Wildman–Crippen MR) is 267 cm³/mol. The second kappa shape index (κ2) is 21.6. The number of rotatable bonds is 18. The number of benzene rings is 3. The first kappa shape index (κ1) is 50.4. The molecule has 2 amide bonds. The Bertz CT molecular complexity index is 3230. The summed E-state index contributed by atoms with van der Waals surface area (Å²) in [6.07, 6.45) is 4.54. The van der Waals surface area contributed by atoms with Gasteiger partial charge in [0.05, 0.1) is 29.5 Å². The lowest BCUT2D eigenvalue weighted by atomic mass is 9.90. The average Bonchev–Trinajstić information content (AvgIpc) is 4.07. The highest BCUT2D eigenvalue weighted by Gasteiger charge is 2.35. The van der Waals surface area contributed by atoms with Crippen LogP contribution in [-0.2, 0) is 27.2 Å². The van der Waals surface area contributed by atoms with E-state index in [4.69, 9.17) is 30.2 Å². The number of piperazine rings is 2. The molecule has 1 aliphatic carbocycles. The lowest BCUT2D eigenvalue weighted by Gasteiger charge is -2.38. The molecular formula is C49H55N15O10. The smallest absolute Gasteiger partial charge is 0.336 e. The van der Waals surface area contributed by atoms with Gasteiger partial charge in [-0.15, -0.1) is 10.2 Å². The van der Waals surface area contributed by atoms with Crippen molar-refractivity contribution in [1.29, 1.82) is 0 Å². The number of aliphatic carboxylic acids is 1. The summed E-state index contributed by atoms with van der Waals surface area (Å²) < 4.78 is 8.83. The van der Waals surface area contributed by atoms with E-state index in [2.05, 4.69) is 25.9 Å². The maximum absolute atomic E-state index is 14.0. The van der Waals surface area contributed by atoms with Crippen LogP contribution < -0.4 is 26.3 Å². The molecule has 0 saturated carbocycles. The van der Waals surface area contributed by atoms with E-state index in [0.717, 1.165) is 12.8 Å². The number of hydrogen-bond acceptors (Lipinski definition) is 19. The van der Waals surface area contributed by atoms with Crippen LogP contribution in [0.5, 0.6) is 5.75 Å². The van der Waals surface area contributed by atoms with Crippen molar-refractivity contribution < 1.29 is 44.0 Å². The number of hydrogen-bond donors (Lipinski definition) is 6. The molecule has 6 heterocycles. The van der Waals surface area contributed by atoms with Crippen molar-refractivity contribution in [3.8, 4) is 28.2 Å². The summed E-state index contributed by atoms with van der Waals surface area (Å²) in [5.41, 5.74) is 8.24. The van der Waals surface area contributed by atoms with Gasteiger partial charge in [0.15, 0.2) is 11.5 Å². The van der Waals surface area contributed by atoms with Crippen LogP contribution in [0.1, 0.15) is 66.9 Å². The average molecular weight is 1010 g/mol. The monoisotopic (exact) mass is 1010 g/mol. The molecule has 3 aliphatic heterocycles. The van der Waals surface area contributed by atoms with Gasteiger partial charge in [-0.1, -0.05) is 16.5 Å². The molecular weight excluding hydrogens is 959 g/mol. The van der Waals surface area contributed by atoms with Crippen LogP contribution in [0, 0.1) is 0 Å². The van der Waals surface area contributed by atoms with Gasteiger partial charge in [-0.05, 0) is 81.6 Å². The number of aliphatic hydroxyl groups is 1. The van der Waals surface area contributed by atoms with Crippen molar-refractivity contribution in [3.63, 3.8) is 0 Å². The molecule has 3 aromatic heterocycles. The zero-order chi connectivity index (χ0) is 52.2. The van der Waals surface area contributed by atoms with Gasteiger partial charge in [-0.2, -0.15) is 15.0 Å². The lowest BCUT2D eigenvalue weighted by Crippen LogP contribution is -2.52. The molecule has 9 rings (SSSR count). The molecule has 2 saturated heterocycles. The number of anilines is 4. The fourth-order valence-corrected chi connectivity index (χ4v) is 9.21. The zero-order valence-corrected chi connectivity index (χ0v) is 40.6. The molecule has 0 spiro atoms. The highest BCUT2D eigenvalue weighted by Crippen LogP contribution is 2.42. The molecule has 5 aromatic rings. The van der Waals surface area contributed by atoms with Crippen molar-refractivity contribution in [3.05, 3.63) is 94.2 Å². The Morgan fingerprint density at radius 3 is 2.03 bits per heavy atom. The SMILES string of the molecule is C[C@@H](O)[C@@H](C(=O)N1CCN(c2nc(Nc3ccc(-c4c5ccc(=O)cc-5oc5cc(O)ccc45)c(C(=O)O)c3)nc(N3CCN(C(=O)[C@H](C)n4cc(CCC(=O)O)nn4)CC3)n2)CC1)n1cc(CCCCN)nn1. The Morgan fingerprint density at radius 2 is 1.38 bits per heavy atom. The summed E-state index contributed by atoms with van der Waals surface area (Å²) in [5.74, 6) is -1.97. The Labute approximate surface area is 422 Å². The molecule has 2 fully saturated rings. The summed E-state index contributed by atoms with van der Waals surface area (Å²) >= 11 is 0. The number of aromatic hydroxyl groups is 1. The number of amides is 2. The van der Waals surface area contributed by atoms with Crippen LogP contribution in [0.4, 0.5) is 23.5 Å². The van der Waals surface area contributed by atoms with Crippen molar-refractivity contribution in [2.24, 2.45) is 5.73 Å². The number of carboxylic acids is 2. The Hall–Kier alpha value is -8.58. The number of phenolic OH excluding ortho intramolecular Hbond substituents is 1. The molecule has 2 aromatic carbocycles. The van der Waals surface area contributed by atoms with E-state index >= 15 is 0 Å². The van der Waals surface area contributed by atoms with Gasteiger partial charge >= 0.3 is 11.9 Å². The number of nitrogens with two attached hydrogens (primary N) is 1. The molecule has 386 valence electrons. The predicted octanol–water partition coefficient (Wildman–Crippen LogP) is 2.56. The van der Waals surface area contributed by atoms with Crippen LogP contribution >= 0.6 is 0 Å². The standard InChI is InChI=1S/C49H55N15O10/c1-28(63-26-32(56-57-63)7-13-41(68)69)44(70)59-15-19-61(20-16-59)48-52-47(53-49(54-48)62-21-17-60(18-22-62)45(71)43(29(2)65)64-27-31(55-58-64)5-3-4-14-50)51-30-6-10-35(38(23-30)46(72)73)42-36-11-8-33(66)24-39(36)74-40-25-34(67)9-12-37(40)42/h6,8-12,23-29,43,65-66H,3-5,7,13-22,50H2,1-2H3,(H,68,69)(H,72,73)(H,51,52,53,54)/t28-,29+,43-/m0/s1. The number of aryl methyl sites for hydroxylation is 2. The maximum Gasteiger partial charge on any atom is 0.336 e. The van der Waals surface area contributed by atoms with Crippen LogP contribution in [0.3, 0.4) is 0 Å². The van der Waals surface area contributed by atoms with Crippen LogP contribution in [0.2, 0.25) is 0 Å². The van der Waals surface area contributed by atoms with E-state index < -0.39 is 30.1 Å². The molecule has 0 bridgehead atoms. The first-order valence-corrected chi connectivity index (χ1v) is 24.2. The number of fused-ring (bicyclic) bond motifs is 2. The molecule has 25 heteroatoms. The van der Waals surface area contributed by atoms with Crippen molar-refractivity contribution in [2.45, 2.75) is 64.1 Å². The van der Waals surface area contributed by atoms with E-state index in [1.807, 2.05) is 9.80 Å². The summed E-state index contributed by atoms with van der Waals surface area (Å²) in [7, 11) is 0. The third kappa shape index (κ3) is 10.9. The number of nitrogens with one attached hydrogen (secondary N) is 1. The second-order valence-corrected chi connectivity index (χ2v) is 18.3. The van der Waals surface area contributed by atoms with E-state index in [1.165, 1.54) is 46.6 Å². The Morgan fingerprint density at radius 1 is 0.743 bits per heavy atom. The van der Waals surface area contributed by atoms with Gasteiger partial charge in [-0.3, -0.25) is 19.2 Å². The fraction of sp³-hybridized carbons (Fsp3) is 0.388. The summed E-state index contributed by atoms with van der Waals surface area (Å²) in [4.78, 5) is 86.0. The number of carbonyl (C=O) groups is 4. The first-order chi connectivity index (χ1) is 35.6. The quantitative estimate of drug-likeness (QED) is 0.0531. The van der Waals surface area contributed by atoms with Gasteiger partial charge < -0.3 is 55.5 Å². The molecule has 0 radical (unpaired) electrons. The number of nitrogens with zero attached hydrogens (tertiary/aromatic N) is 13. The number of aromatic nitrogens is 9. The van der Waals surface area contributed by atoms with Crippen LogP contribution in [-0.4, -0.2) is 164 Å². The zero-order valence-electron chi connectivity index (χ0n) is 40.6. The number of aromatic carboxylic acids is 1. The first-order valence-electron chi connectivity index (χ1n) is 24.2. The summed E-state index contributed by atoms with van der Waals surface area (Å²) in [6, 6.07) is 11.8. The van der Waals surface area contributed by atoms with E-state index in [0.29, 0.717) is 91.4 Å². The van der Waals surface area contributed by atoms with Gasteiger partial charge in [-0.25, -0.2) is 14.2 Å². The van der Waals surface area contributed by atoms with Gasteiger partial charge in [0, 0.05) is 106 Å². The second-order valence-electron chi connectivity index (χ2n) is 18.3. The van der Waals surface area contributed by atoms with Crippen molar-refractivity contribution >= 4 is 58.3 Å². The van der Waals surface area contributed by atoms with E-state index in [9.17, 15) is 39.3 Å². The van der Waals surface area contributed by atoms with Crippen LogP contribution in [0.25, 0.3) is 33.4 Å². The third-order valence-electron chi connectivity index (χ3n) is 13.2. The number of carbonyl (C=O) groups excluding carboxylic acids is 2. The van der Waals surface area contributed by atoms with Gasteiger partial charge in [0.1, 0.15) is 23.1 Å². The minimum absolute atomic E-state index is 0.0787. The Balaban J connectivity index is 0.983. The van der Waals surface area contributed by atoms with E-state index in [1.54, 1.807) is 53.4 Å². The fourth-order valence-electron chi connectivity index (χ4n) is 9.21. The molecule has 0 unspecified atom stereocenters. The number of phenols is 1. The normalized spacial score (nSPS) is 15.4. The third-order valence-corrected chi connectivity index (χ3v) is 13.2. The molecule has 3 atom stereocenters. The minimum atomic E-state index is -1.25. The van der Waals surface area contributed by atoms with Gasteiger partial charge in [0.25, 0.3) is 0 Å². The maximum atomic E-state index is 14.0. The minimum Gasteiger partial charge on any atom is -0.508 e. The van der Waals surface area contributed by atoms with Crippen molar-refractivity contribution in [1.82, 2.24) is 54.7 Å². The van der Waals surface area contributed by atoms with Crippen LogP contribution in [0.15, 0.2) is 76.2 Å². The van der Waals surface area contributed by atoms with E-state index in [-0.39, 0.29) is 83.7 Å². The molecule has 74 heavy (non-hydrogen) atoms. The van der Waals surface area contributed by atoms with Crippen molar-refractivity contribution in [2.75, 3.05) is 74.0 Å². The lowest BCUT2D eigenvalue weighted by molar-refractivity contribution is -0.139. The number of carboxylic acid groups (broad SMARTS) is 2.